The molecule has 0 bridgehead atoms. The van der Waals surface area contributed by atoms with Crippen LogP contribution < -0.4 is 21.4 Å². The molecule has 5 aliphatic rings. The van der Waals surface area contributed by atoms with Crippen molar-refractivity contribution in [2.75, 3.05) is 13.1 Å². The third kappa shape index (κ3) is 3.48. The van der Waals surface area contributed by atoms with E-state index >= 15 is 0 Å². The van der Waals surface area contributed by atoms with Gasteiger partial charge < -0.3 is 10.6 Å². The molecule has 2 saturated carbocycles. The first-order chi connectivity index (χ1) is 13.5. The predicted molar refractivity (Wildman–Crippen MR) is 106 cm³/mol. The fourth-order valence-electron chi connectivity index (χ4n) is 6.26. The van der Waals surface area contributed by atoms with E-state index in [-0.39, 0.29) is 36.0 Å². The zero-order valence-electron chi connectivity index (χ0n) is 17.2. The molecule has 7 heteroatoms. The van der Waals surface area contributed by atoms with Crippen LogP contribution in [-0.2, 0) is 4.79 Å². The summed E-state index contributed by atoms with van der Waals surface area (Å²) in [6, 6.07) is 0.369. The summed E-state index contributed by atoms with van der Waals surface area (Å²) in [7, 11) is 0. The molecule has 5 rings (SSSR count). The van der Waals surface area contributed by atoms with Crippen molar-refractivity contribution in [3.8, 4) is 0 Å². The lowest BCUT2D eigenvalue weighted by Crippen LogP contribution is -2.65. The maximum absolute atomic E-state index is 14.4. The van der Waals surface area contributed by atoms with Gasteiger partial charge in [0.2, 0.25) is 5.91 Å². The van der Waals surface area contributed by atoms with Gasteiger partial charge in [0.25, 0.3) is 0 Å². The Bertz CT molecular complexity index is 583. The standard InChI is InChI=1S/C21H36FN5O/c1-11-3-6-15(22)14-10-16(24-18(11)14)21(28)25-20(13-4-5-13)19-12(2)9-17-23-7-8-27(17)26-19/h11-20,23-24,26H,3-10H2,1-2H3,(H,25,28). The van der Waals surface area contributed by atoms with Crippen LogP contribution in [0.25, 0.3) is 0 Å². The van der Waals surface area contributed by atoms with E-state index in [0.29, 0.717) is 36.8 Å². The number of fused-ring (bicyclic) bond motifs is 2. The minimum absolute atomic E-state index is 0.00189. The number of halogens is 1. The summed E-state index contributed by atoms with van der Waals surface area (Å²) >= 11 is 0. The number of carbonyl (C=O) groups excluding carboxylic acids is 1. The Hall–Kier alpha value is -0.760. The molecule has 0 aromatic carbocycles. The Morgan fingerprint density at radius 1 is 1.14 bits per heavy atom. The molecule has 6 nitrogen and oxygen atoms in total. The summed E-state index contributed by atoms with van der Waals surface area (Å²) in [5, 5.41) is 12.8. The minimum atomic E-state index is -0.759. The van der Waals surface area contributed by atoms with Crippen LogP contribution in [0.15, 0.2) is 0 Å². The molecule has 4 N–H and O–H groups in total. The van der Waals surface area contributed by atoms with Crippen LogP contribution in [0, 0.1) is 23.7 Å². The van der Waals surface area contributed by atoms with Gasteiger partial charge in [-0.25, -0.2) is 14.8 Å². The number of nitrogens with zero attached hydrogens (tertiary/aromatic N) is 1. The van der Waals surface area contributed by atoms with E-state index < -0.39 is 6.17 Å². The molecule has 2 aliphatic carbocycles. The van der Waals surface area contributed by atoms with Crippen LogP contribution in [0.3, 0.4) is 0 Å². The first-order valence-electron chi connectivity index (χ1n) is 11.5. The fraction of sp³-hybridized carbons (Fsp3) is 0.952. The molecule has 9 atom stereocenters. The number of alkyl halides is 1. The quantitative estimate of drug-likeness (QED) is 0.577. The van der Waals surface area contributed by atoms with Crippen molar-refractivity contribution in [1.29, 1.82) is 0 Å². The van der Waals surface area contributed by atoms with Crippen molar-refractivity contribution in [2.24, 2.45) is 23.7 Å². The van der Waals surface area contributed by atoms with E-state index in [1.54, 1.807) is 0 Å². The molecule has 28 heavy (non-hydrogen) atoms. The van der Waals surface area contributed by atoms with Crippen LogP contribution in [0.1, 0.15) is 52.4 Å². The van der Waals surface area contributed by atoms with Gasteiger partial charge >= 0.3 is 0 Å². The molecule has 3 heterocycles. The van der Waals surface area contributed by atoms with Gasteiger partial charge in [0, 0.05) is 37.1 Å². The molecule has 1 amide bonds. The van der Waals surface area contributed by atoms with Crippen molar-refractivity contribution < 1.29 is 9.18 Å². The van der Waals surface area contributed by atoms with Crippen molar-refractivity contribution in [3.63, 3.8) is 0 Å². The van der Waals surface area contributed by atoms with Crippen molar-refractivity contribution in [1.82, 2.24) is 26.4 Å². The van der Waals surface area contributed by atoms with E-state index in [1.807, 2.05) is 0 Å². The van der Waals surface area contributed by atoms with E-state index in [4.69, 9.17) is 0 Å². The van der Waals surface area contributed by atoms with E-state index in [2.05, 4.69) is 40.2 Å². The van der Waals surface area contributed by atoms with Crippen molar-refractivity contribution >= 4 is 5.91 Å². The highest BCUT2D eigenvalue weighted by Gasteiger charge is 2.49. The minimum Gasteiger partial charge on any atom is -0.350 e. The predicted octanol–water partition coefficient (Wildman–Crippen LogP) is 1.14. The molecule has 0 spiro atoms. The van der Waals surface area contributed by atoms with E-state index in [1.165, 1.54) is 12.8 Å². The second kappa shape index (κ2) is 7.49. The maximum Gasteiger partial charge on any atom is 0.237 e. The number of rotatable bonds is 4. The second-order valence-electron chi connectivity index (χ2n) is 10.1. The summed E-state index contributed by atoms with van der Waals surface area (Å²) < 4.78 is 14.4. The topological polar surface area (TPSA) is 68.4 Å². The number of nitrogens with one attached hydrogen (secondary N) is 4. The molecule has 3 saturated heterocycles. The average molecular weight is 394 g/mol. The SMILES string of the molecule is CC1CCC(F)C2CC(C(=O)NC(C3CC3)C3NN4CCNC4CC3C)NC12. The first-order valence-corrected chi connectivity index (χ1v) is 11.5. The summed E-state index contributed by atoms with van der Waals surface area (Å²) in [6.45, 7) is 6.53. The molecule has 0 aromatic heterocycles. The Balaban J connectivity index is 1.25. The van der Waals surface area contributed by atoms with Gasteiger partial charge in [-0.05, 0) is 56.3 Å². The second-order valence-corrected chi connectivity index (χ2v) is 10.1. The molecule has 0 aromatic rings. The van der Waals surface area contributed by atoms with Crippen LogP contribution in [0.4, 0.5) is 4.39 Å². The van der Waals surface area contributed by atoms with Gasteiger partial charge in [-0.3, -0.25) is 10.1 Å². The smallest absolute Gasteiger partial charge is 0.237 e. The lowest BCUT2D eigenvalue weighted by Gasteiger charge is -2.44. The highest BCUT2D eigenvalue weighted by Crippen LogP contribution is 2.40. The number of amides is 1. The normalized spacial score (nSPS) is 47.4. The van der Waals surface area contributed by atoms with Gasteiger partial charge in [0.05, 0.1) is 12.2 Å². The third-order valence-corrected chi connectivity index (χ3v) is 8.11. The first kappa shape index (κ1) is 19.2. The largest absolute Gasteiger partial charge is 0.350 e. The van der Waals surface area contributed by atoms with Crippen molar-refractivity contribution in [2.45, 2.75) is 88.9 Å². The highest BCUT2D eigenvalue weighted by molar-refractivity contribution is 5.82. The molecule has 158 valence electrons. The number of carbonyl (C=O) groups is 1. The molecule has 5 fully saturated rings. The zero-order valence-corrected chi connectivity index (χ0v) is 17.2. The molecule has 9 unspecified atom stereocenters. The van der Waals surface area contributed by atoms with Gasteiger partial charge in [0.1, 0.15) is 6.17 Å². The van der Waals surface area contributed by atoms with Gasteiger partial charge in [-0.15, -0.1) is 0 Å². The number of hydrazine groups is 1. The van der Waals surface area contributed by atoms with Crippen LogP contribution >= 0.6 is 0 Å². The van der Waals surface area contributed by atoms with Crippen molar-refractivity contribution in [3.05, 3.63) is 0 Å². The molecule has 3 aliphatic heterocycles. The molecular weight excluding hydrogens is 357 g/mol. The lowest BCUT2D eigenvalue weighted by atomic mass is 9.77. The van der Waals surface area contributed by atoms with Crippen LogP contribution in [0.2, 0.25) is 0 Å². The zero-order chi connectivity index (χ0) is 19.4. The van der Waals surface area contributed by atoms with E-state index in [0.717, 1.165) is 25.9 Å². The van der Waals surface area contributed by atoms with Gasteiger partial charge in [0.15, 0.2) is 0 Å². The summed E-state index contributed by atoms with van der Waals surface area (Å²) in [4.78, 5) is 13.2. The van der Waals surface area contributed by atoms with Gasteiger partial charge in [-0.2, -0.15) is 0 Å². The summed E-state index contributed by atoms with van der Waals surface area (Å²) in [5.41, 5.74) is 3.72. The number of hydrogen-bond acceptors (Lipinski definition) is 5. The van der Waals surface area contributed by atoms with E-state index in [9.17, 15) is 9.18 Å². The highest BCUT2D eigenvalue weighted by atomic mass is 19.1. The summed E-state index contributed by atoms with van der Waals surface area (Å²) in [6.07, 6.45) is 5.39. The molecular formula is C21H36FN5O. The monoisotopic (exact) mass is 393 g/mol. The average Bonchev–Trinajstić information content (AvgIpc) is 3.23. The molecule has 0 radical (unpaired) electrons. The fourth-order valence-corrected chi connectivity index (χ4v) is 6.26. The third-order valence-electron chi connectivity index (χ3n) is 8.11. The van der Waals surface area contributed by atoms with Crippen LogP contribution in [0.5, 0.6) is 0 Å². The Morgan fingerprint density at radius 3 is 2.71 bits per heavy atom. The lowest BCUT2D eigenvalue weighted by molar-refractivity contribution is -0.124. The maximum atomic E-state index is 14.4. The summed E-state index contributed by atoms with van der Waals surface area (Å²) in [5.74, 6) is 1.62. The number of hydrogen-bond donors (Lipinski definition) is 4. The Labute approximate surface area is 167 Å². The Morgan fingerprint density at radius 2 is 1.96 bits per heavy atom. The van der Waals surface area contributed by atoms with Crippen LogP contribution in [-0.4, -0.2) is 60.5 Å². The Kier molecular flexibility index (Phi) is 5.14. The van der Waals surface area contributed by atoms with Gasteiger partial charge in [-0.1, -0.05) is 13.8 Å².